The summed E-state index contributed by atoms with van der Waals surface area (Å²) >= 11 is 0. The Kier molecular flexibility index (Phi) is 7.26. The predicted octanol–water partition coefficient (Wildman–Crippen LogP) is 1.65. The third-order valence-electron chi connectivity index (χ3n) is 3.66. The first-order chi connectivity index (χ1) is 9.52. The maximum absolute atomic E-state index is 11.9. The van der Waals surface area contributed by atoms with Gasteiger partial charge in [-0.3, -0.25) is 9.59 Å². The zero-order valence-electron chi connectivity index (χ0n) is 12.6. The van der Waals surface area contributed by atoms with Crippen molar-refractivity contribution in [3.8, 4) is 0 Å². The lowest BCUT2D eigenvalue weighted by atomic mass is 10.0. The number of carbonyl (C=O) groups excluding carboxylic acids is 3. The fourth-order valence-electron chi connectivity index (χ4n) is 2.35. The van der Waals surface area contributed by atoms with E-state index in [2.05, 4.69) is 12.2 Å². The molecule has 114 valence electrons. The maximum Gasteiger partial charge on any atom is 0.223 e. The number of Topliss-reactive ketones (excluding diaryl/α,β-unsaturated/α-hetero) is 1. The summed E-state index contributed by atoms with van der Waals surface area (Å²) in [6.45, 7) is 4.93. The van der Waals surface area contributed by atoms with E-state index in [0.717, 1.165) is 25.7 Å². The molecule has 0 bridgehead atoms. The maximum atomic E-state index is 11.9. The van der Waals surface area contributed by atoms with E-state index in [9.17, 15) is 14.4 Å². The van der Waals surface area contributed by atoms with Crippen LogP contribution >= 0.6 is 0 Å². The molecule has 0 aromatic carbocycles. The van der Waals surface area contributed by atoms with Gasteiger partial charge in [-0.25, -0.2) is 0 Å². The Labute approximate surface area is 121 Å². The number of nitrogens with zero attached hydrogens (tertiary/aromatic N) is 1. The summed E-state index contributed by atoms with van der Waals surface area (Å²) in [5.74, 6) is 0.223. The van der Waals surface area contributed by atoms with E-state index in [4.69, 9.17) is 0 Å². The van der Waals surface area contributed by atoms with Gasteiger partial charge in [0.1, 0.15) is 5.78 Å². The van der Waals surface area contributed by atoms with E-state index in [1.54, 1.807) is 4.90 Å². The highest BCUT2D eigenvalue weighted by Gasteiger charge is 2.23. The fourth-order valence-corrected chi connectivity index (χ4v) is 2.35. The summed E-state index contributed by atoms with van der Waals surface area (Å²) in [7, 11) is 0. The van der Waals surface area contributed by atoms with Gasteiger partial charge in [0, 0.05) is 38.4 Å². The molecule has 1 aliphatic rings. The number of amides is 2. The van der Waals surface area contributed by atoms with E-state index in [-0.39, 0.29) is 23.6 Å². The summed E-state index contributed by atoms with van der Waals surface area (Å²) < 4.78 is 0. The molecule has 5 heteroatoms. The zero-order valence-corrected chi connectivity index (χ0v) is 12.6. The molecule has 1 fully saturated rings. The number of hydrogen-bond donors (Lipinski definition) is 1. The van der Waals surface area contributed by atoms with Crippen LogP contribution in [0.3, 0.4) is 0 Å². The number of rotatable bonds is 7. The lowest BCUT2D eigenvalue weighted by Gasteiger charge is -2.32. The van der Waals surface area contributed by atoms with Gasteiger partial charge in [-0.05, 0) is 26.2 Å². The van der Waals surface area contributed by atoms with Crippen LogP contribution in [0, 0.1) is 0 Å². The smallest absolute Gasteiger partial charge is 0.223 e. The summed E-state index contributed by atoms with van der Waals surface area (Å²) in [6, 6.07) is 0.191. The molecule has 0 unspecified atom stereocenters. The molecular formula is C15H26N2O3. The van der Waals surface area contributed by atoms with Crippen molar-refractivity contribution in [2.75, 3.05) is 13.1 Å². The van der Waals surface area contributed by atoms with Gasteiger partial charge in [-0.15, -0.1) is 0 Å². The molecule has 0 aromatic rings. The minimum absolute atomic E-state index is 0.0518. The SMILES string of the molecule is CCCCC(=O)NC1CCN(C(=O)CCC(C)=O)CC1. The molecule has 20 heavy (non-hydrogen) atoms. The van der Waals surface area contributed by atoms with Gasteiger partial charge in [0.15, 0.2) is 0 Å². The first-order valence-corrected chi connectivity index (χ1v) is 7.59. The van der Waals surface area contributed by atoms with Crippen molar-refractivity contribution in [2.24, 2.45) is 0 Å². The molecule has 1 aliphatic heterocycles. The monoisotopic (exact) mass is 282 g/mol. The van der Waals surface area contributed by atoms with Gasteiger partial charge < -0.3 is 15.0 Å². The molecule has 1 rings (SSSR count). The van der Waals surface area contributed by atoms with E-state index in [1.807, 2.05) is 0 Å². The Balaban J connectivity index is 2.24. The minimum Gasteiger partial charge on any atom is -0.353 e. The molecule has 1 saturated heterocycles. The number of carbonyl (C=O) groups is 3. The summed E-state index contributed by atoms with van der Waals surface area (Å²) in [4.78, 5) is 36.2. The van der Waals surface area contributed by atoms with Crippen LogP contribution in [0.5, 0.6) is 0 Å². The van der Waals surface area contributed by atoms with Crippen molar-refractivity contribution in [3.05, 3.63) is 0 Å². The van der Waals surface area contributed by atoms with Crippen molar-refractivity contribution < 1.29 is 14.4 Å². The molecule has 0 aliphatic carbocycles. The van der Waals surface area contributed by atoms with E-state index in [1.165, 1.54) is 6.92 Å². The molecular weight excluding hydrogens is 256 g/mol. The predicted molar refractivity (Wildman–Crippen MR) is 77.2 cm³/mol. The molecule has 0 atom stereocenters. The molecule has 2 amide bonds. The van der Waals surface area contributed by atoms with Gasteiger partial charge in [-0.1, -0.05) is 13.3 Å². The molecule has 0 radical (unpaired) electrons. The van der Waals surface area contributed by atoms with Crippen molar-refractivity contribution in [1.82, 2.24) is 10.2 Å². The second-order valence-corrected chi connectivity index (χ2v) is 5.53. The average molecular weight is 282 g/mol. The van der Waals surface area contributed by atoms with Gasteiger partial charge in [0.05, 0.1) is 0 Å². The lowest BCUT2D eigenvalue weighted by molar-refractivity contribution is -0.134. The first-order valence-electron chi connectivity index (χ1n) is 7.59. The minimum atomic E-state index is 0.0518. The van der Waals surface area contributed by atoms with Crippen molar-refractivity contribution in [2.45, 2.75) is 64.8 Å². The van der Waals surface area contributed by atoms with Gasteiger partial charge in [0.2, 0.25) is 11.8 Å². The standard InChI is InChI=1S/C15H26N2O3/c1-3-4-5-14(19)16-13-8-10-17(11-9-13)15(20)7-6-12(2)18/h13H,3-11H2,1-2H3,(H,16,19). The summed E-state index contributed by atoms with van der Waals surface area (Å²) in [5.41, 5.74) is 0. The van der Waals surface area contributed by atoms with Crippen LogP contribution in [0.2, 0.25) is 0 Å². The third-order valence-corrected chi connectivity index (χ3v) is 3.66. The number of unbranched alkanes of at least 4 members (excludes halogenated alkanes) is 1. The van der Waals surface area contributed by atoms with Crippen LogP contribution < -0.4 is 5.32 Å². The van der Waals surface area contributed by atoms with E-state index < -0.39 is 0 Å². The molecule has 1 heterocycles. The first kappa shape index (κ1) is 16.7. The Morgan fingerprint density at radius 2 is 1.75 bits per heavy atom. The van der Waals surface area contributed by atoms with Gasteiger partial charge in [-0.2, -0.15) is 0 Å². The molecule has 1 N–H and O–H groups in total. The van der Waals surface area contributed by atoms with Crippen LogP contribution in [-0.2, 0) is 14.4 Å². The van der Waals surface area contributed by atoms with Crippen LogP contribution in [0.15, 0.2) is 0 Å². The quantitative estimate of drug-likeness (QED) is 0.772. The zero-order chi connectivity index (χ0) is 15.0. The second kappa shape index (κ2) is 8.72. The van der Waals surface area contributed by atoms with Crippen LogP contribution in [0.1, 0.15) is 58.8 Å². The highest BCUT2D eigenvalue weighted by Crippen LogP contribution is 2.12. The van der Waals surface area contributed by atoms with Crippen molar-refractivity contribution in [1.29, 1.82) is 0 Å². The molecule has 0 saturated carbocycles. The van der Waals surface area contributed by atoms with Crippen molar-refractivity contribution >= 4 is 17.6 Å². The van der Waals surface area contributed by atoms with Crippen LogP contribution in [0.25, 0.3) is 0 Å². The Hall–Kier alpha value is -1.39. The van der Waals surface area contributed by atoms with Gasteiger partial charge in [0.25, 0.3) is 0 Å². The summed E-state index contributed by atoms with van der Waals surface area (Å²) in [5, 5.41) is 3.03. The molecule has 0 aromatic heterocycles. The number of nitrogens with one attached hydrogen (secondary N) is 1. The number of hydrogen-bond acceptors (Lipinski definition) is 3. The number of piperidine rings is 1. The fraction of sp³-hybridized carbons (Fsp3) is 0.800. The second-order valence-electron chi connectivity index (χ2n) is 5.53. The number of likely N-dealkylation sites (tertiary alicyclic amines) is 1. The highest BCUT2D eigenvalue weighted by atomic mass is 16.2. The highest BCUT2D eigenvalue weighted by molar-refractivity contribution is 5.83. The molecule has 5 nitrogen and oxygen atoms in total. The Bertz CT molecular complexity index is 347. The largest absolute Gasteiger partial charge is 0.353 e. The van der Waals surface area contributed by atoms with Gasteiger partial charge >= 0.3 is 0 Å². The van der Waals surface area contributed by atoms with E-state index >= 15 is 0 Å². The topological polar surface area (TPSA) is 66.5 Å². The van der Waals surface area contributed by atoms with E-state index in [0.29, 0.717) is 32.4 Å². The third kappa shape index (κ3) is 6.17. The average Bonchev–Trinajstić information content (AvgIpc) is 2.43. The van der Waals surface area contributed by atoms with Crippen LogP contribution in [0.4, 0.5) is 0 Å². The summed E-state index contributed by atoms with van der Waals surface area (Å²) in [6.07, 6.45) is 4.79. The number of ketones is 1. The van der Waals surface area contributed by atoms with Crippen molar-refractivity contribution in [3.63, 3.8) is 0 Å². The van der Waals surface area contributed by atoms with Crippen LogP contribution in [-0.4, -0.2) is 41.6 Å². The lowest BCUT2D eigenvalue weighted by Crippen LogP contribution is -2.46. The Morgan fingerprint density at radius 3 is 2.30 bits per heavy atom. The molecule has 0 spiro atoms. The normalized spacial score (nSPS) is 16.0. The Morgan fingerprint density at radius 1 is 1.10 bits per heavy atom.